The number of aromatic nitrogens is 1. The normalized spacial score (nSPS) is 11.6. The summed E-state index contributed by atoms with van der Waals surface area (Å²) in [5.74, 6) is 0.134. The number of hydrogen-bond donors (Lipinski definition) is 0. The minimum atomic E-state index is 0.134. The van der Waals surface area contributed by atoms with Gasteiger partial charge in [0.2, 0.25) is 0 Å². The SMILES string of the molecule is O=C1c2ccccc2-c2cccc3cccc1c23.c1ccc2ncccc2c1. The van der Waals surface area contributed by atoms with E-state index in [0.29, 0.717) is 0 Å². The fraction of sp³-hybridized carbons (Fsp3) is 0. The van der Waals surface area contributed by atoms with Crippen LogP contribution in [0.1, 0.15) is 15.9 Å². The van der Waals surface area contributed by atoms with Crippen molar-refractivity contribution in [3.05, 3.63) is 114 Å². The van der Waals surface area contributed by atoms with Crippen LogP contribution in [-0.4, -0.2) is 10.8 Å². The van der Waals surface area contributed by atoms with Gasteiger partial charge in [-0.2, -0.15) is 0 Å². The van der Waals surface area contributed by atoms with E-state index >= 15 is 0 Å². The zero-order valence-corrected chi connectivity index (χ0v) is 15.2. The van der Waals surface area contributed by atoms with Gasteiger partial charge in [0.05, 0.1) is 5.52 Å². The standard InChI is InChI=1S/C17H10O.C9H7N/c18-17-14-8-2-1-7-12(14)13-9-3-5-11-6-4-10-15(17)16(11)13;1-2-6-9-8(4-1)5-3-7-10-9/h1-10H;1-7H. The number of fused-ring (bicyclic) bond motifs is 3. The topological polar surface area (TPSA) is 30.0 Å². The van der Waals surface area contributed by atoms with E-state index in [4.69, 9.17) is 0 Å². The molecule has 1 heterocycles. The number of carbonyl (C=O) groups is 1. The molecule has 4 aromatic carbocycles. The van der Waals surface area contributed by atoms with E-state index in [1.54, 1.807) is 0 Å². The highest BCUT2D eigenvalue weighted by Gasteiger charge is 2.23. The third-order valence-electron chi connectivity index (χ3n) is 5.12. The molecule has 0 radical (unpaired) electrons. The molecule has 1 aliphatic rings. The lowest BCUT2D eigenvalue weighted by Gasteiger charge is -2.19. The van der Waals surface area contributed by atoms with E-state index in [2.05, 4.69) is 35.3 Å². The number of nitrogens with zero attached hydrogens (tertiary/aromatic N) is 1. The third kappa shape index (κ3) is 2.67. The van der Waals surface area contributed by atoms with Gasteiger partial charge in [-0.1, -0.05) is 84.9 Å². The highest BCUT2D eigenvalue weighted by molar-refractivity contribution is 6.25. The highest BCUT2D eigenvalue weighted by Crippen LogP contribution is 2.38. The van der Waals surface area contributed by atoms with Crippen molar-refractivity contribution in [1.29, 1.82) is 0 Å². The summed E-state index contributed by atoms with van der Waals surface area (Å²) in [6.45, 7) is 0. The average molecular weight is 359 g/mol. The molecule has 0 bridgehead atoms. The van der Waals surface area contributed by atoms with Crippen LogP contribution in [0.4, 0.5) is 0 Å². The zero-order chi connectivity index (χ0) is 18.9. The number of rotatable bonds is 0. The Hall–Kier alpha value is -3.78. The van der Waals surface area contributed by atoms with Gasteiger partial charge in [0, 0.05) is 28.1 Å². The lowest BCUT2D eigenvalue weighted by molar-refractivity contribution is 0.104. The Balaban J connectivity index is 0.000000145. The Labute approximate surface area is 163 Å². The molecule has 1 aliphatic carbocycles. The number of benzene rings is 4. The molecular weight excluding hydrogens is 342 g/mol. The molecule has 1 aromatic heterocycles. The monoisotopic (exact) mass is 359 g/mol. The molecule has 0 saturated carbocycles. The summed E-state index contributed by atoms with van der Waals surface area (Å²) in [7, 11) is 0. The summed E-state index contributed by atoms with van der Waals surface area (Å²) in [5, 5.41) is 3.42. The molecular formula is C26H17NO. The average Bonchev–Trinajstić information content (AvgIpc) is 2.78. The van der Waals surface area contributed by atoms with Crippen LogP contribution in [0.5, 0.6) is 0 Å². The van der Waals surface area contributed by atoms with Gasteiger partial charge < -0.3 is 0 Å². The van der Waals surface area contributed by atoms with E-state index in [1.807, 2.05) is 72.9 Å². The first-order chi connectivity index (χ1) is 13.8. The molecule has 0 atom stereocenters. The molecule has 0 amide bonds. The molecule has 0 spiro atoms. The van der Waals surface area contributed by atoms with Crippen molar-refractivity contribution in [1.82, 2.24) is 4.98 Å². The summed E-state index contributed by atoms with van der Waals surface area (Å²) in [4.78, 5) is 16.7. The molecule has 0 fully saturated rings. The van der Waals surface area contributed by atoms with Crippen LogP contribution in [0.3, 0.4) is 0 Å². The van der Waals surface area contributed by atoms with Crippen LogP contribution < -0.4 is 0 Å². The van der Waals surface area contributed by atoms with Crippen molar-refractivity contribution >= 4 is 27.5 Å². The van der Waals surface area contributed by atoms with E-state index in [9.17, 15) is 4.79 Å². The first-order valence-electron chi connectivity index (χ1n) is 9.28. The van der Waals surface area contributed by atoms with Crippen molar-refractivity contribution in [3.8, 4) is 11.1 Å². The Kier molecular flexibility index (Phi) is 3.95. The molecule has 6 rings (SSSR count). The van der Waals surface area contributed by atoms with Gasteiger partial charge in [0.1, 0.15) is 0 Å². The molecule has 0 N–H and O–H groups in total. The van der Waals surface area contributed by atoms with Crippen LogP contribution in [0.15, 0.2) is 103 Å². The van der Waals surface area contributed by atoms with Gasteiger partial charge in [-0.25, -0.2) is 0 Å². The van der Waals surface area contributed by atoms with Gasteiger partial charge in [0.25, 0.3) is 0 Å². The van der Waals surface area contributed by atoms with Crippen LogP contribution in [0.2, 0.25) is 0 Å². The second-order valence-corrected chi connectivity index (χ2v) is 6.78. The molecule has 28 heavy (non-hydrogen) atoms. The largest absolute Gasteiger partial charge is 0.289 e. The fourth-order valence-corrected chi connectivity index (χ4v) is 3.83. The molecule has 0 unspecified atom stereocenters. The molecule has 2 heteroatoms. The summed E-state index contributed by atoms with van der Waals surface area (Å²) >= 11 is 0. The first-order valence-corrected chi connectivity index (χ1v) is 9.28. The molecule has 5 aromatic rings. The van der Waals surface area contributed by atoms with Crippen LogP contribution >= 0.6 is 0 Å². The van der Waals surface area contributed by atoms with Crippen LogP contribution in [0.25, 0.3) is 32.8 Å². The number of carbonyl (C=O) groups excluding carboxylic acids is 1. The number of para-hydroxylation sites is 1. The second-order valence-electron chi connectivity index (χ2n) is 6.78. The predicted octanol–water partition coefficient (Wildman–Crippen LogP) is 6.29. The zero-order valence-electron chi connectivity index (χ0n) is 15.2. The number of hydrogen-bond acceptors (Lipinski definition) is 2. The predicted molar refractivity (Wildman–Crippen MR) is 115 cm³/mol. The Morgan fingerprint density at radius 2 is 1.11 bits per heavy atom. The van der Waals surface area contributed by atoms with Crippen molar-refractivity contribution < 1.29 is 4.79 Å². The minimum absolute atomic E-state index is 0.134. The summed E-state index contributed by atoms with van der Waals surface area (Å²) in [6, 6.07) is 32.1. The maximum Gasteiger partial charge on any atom is 0.194 e. The van der Waals surface area contributed by atoms with Gasteiger partial charge in [-0.05, 0) is 28.6 Å². The Morgan fingerprint density at radius 1 is 0.500 bits per heavy atom. The summed E-state index contributed by atoms with van der Waals surface area (Å²) in [6.07, 6.45) is 1.81. The smallest absolute Gasteiger partial charge is 0.194 e. The van der Waals surface area contributed by atoms with Crippen molar-refractivity contribution in [2.45, 2.75) is 0 Å². The van der Waals surface area contributed by atoms with Crippen LogP contribution in [-0.2, 0) is 0 Å². The van der Waals surface area contributed by atoms with E-state index in [1.165, 1.54) is 10.9 Å². The maximum atomic E-state index is 12.5. The highest BCUT2D eigenvalue weighted by atomic mass is 16.1. The van der Waals surface area contributed by atoms with E-state index in [0.717, 1.165) is 33.0 Å². The molecule has 0 aliphatic heterocycles. The third-order valence-corrected chi connectivity index (χ3v) is 5.12. The Morgan fingerprint density at radius 3 is 1.93 bits per heavy atom. The fourth-order valence-electron chi connectivity index (χ4n) is 3.83. The second kappa shape index (κ2) is 6.75. The first kappa shape index (κ1) is 16.4. The molecule has 132 valence electrons. The summed E-state index contributed by atoms with van der Waals surface area (Å²) in [5.41, 5.74) is 4.90. The minimum Gasteiger partial charge on any atom is -0.289 e. The van der Waals surface area contributed by atoms with Crippen LogP contribution in [0, 0.1) is 0 Å². The maximum absolute atomic E-state index is 12.5. The van der Waals surface area contributed by atoms with Gasteiger partial charge in [-0.3, -0.25) is 9.78 Å². The van der Waals surface area contributed by atoms with Gasteiger partial charge >= 0.3 is 0 Å². The number of ketones is 1. The van der Waals surface area contributed by atoms with Gasteiger partial charge in [-0.15, -0.1) is 0 Å². The van der Waals surface area contributed by atoms with Gasteiger partial charge in [0.15, 0.2) is 5.78 Å². The number of pyridine rings is 1. The quantitative estimate of drug-likeness (QED) is 0.319. The molecule has 0 saturated heterocycles. The Bertz CT molecular complexity index is 1270. The van der Waals surface area contributed by atoms with Crippen molar-refractivity contribution in [2.75, 3.05) is 0 Å². The lowest BCUT2D eigenvalue weighted by atomic mass is 9.83. The van der Waals surface area contributed by atoms with E-state index < -0.39 is 0 Å². The van der Waals surface area contributed by atoms with E-state index in [-0.39, 0.29) is 5.78 Å². The lowest BCUT2D eigenvalue weighted by Crippen LogP contribution is -2.09. The van der Waals surface area contributed by atoms with Crippen molar-refractivity contribution in [2.24, 2.45) is 0 Å². The molecule has 2 nitrogen and oxygen atoms in total. The van der Waals surface area contributed by atoms with Crippen molar-refractivity contribution in [3.63, 3.8) is 0 Å². The summed E-state index contributed by atoms with van der Waals surface area (Å²) < 4.78 is 0.